The van der Waals surface area contributed by atoms with E-state index < -0.39 is 12.6 Å². The van der Waals surface area contributed by atoms with E-state index in [2.05, 4.69) is 10.1 Å². The maximum absolute atomic E-state index is 12.7. The highest BCUT2D eigenvalue weighted by atomic mass is 32.1. The number of nitrogens with zero attached hydrogens (tertiary/aromatic N) is 4. The fourth-order valence-corrected chi connectivity index (χ4v) is 4.18. The topological polar surface area (TPSA) is 93.9 Å². The molecule has 8 nitrogen and oxygen atoms in total. The summed E-state index contributed by atoms with van der Waals surface area (Å²) in [5, 5.41) is 7.99. The number of esters is 1. The number of amides is 1. The second kappa shape index (κ2) is 8.65. The fourth-order valence-electron chi connectivity index (χ4n) is 3.43. The predicted octanol–water partition coefficient (Wildman–Crippen LogP) is 3.46. The number of Topliss-reactive ketones (excluding diaryl/α,β-unsaturated/α-hetero) is 1. The molecule has 3 aromatic rings. The Hall–Kier alpha value is -3.59. The molecule has 1 aromatic carbocycles. The molecule has 0 saturated heterocycles. The van der Waals surface area contributed by atoms with Crippen molar-refractivity contribution >= 4 is 40.4 Å². The Balaban J connectivity index is 1.46. The molecule has 0 fully saturated rings. The molecule has 31 heavy (non-hydrogen) atoms. The van der Waals surface area contributed by atoms with Crippen LogP contribution < -0.4 is 5.01 Å². The van der Waals surface area contributed by atoms with Gasteiger partial charge in [-0.2, -0.15) is 5.10 Å². The maximum atomic E-state index is 12.7. The van der Waals surface area contributed by atoms with Gasteiger partial charge in [0.2, 0.25) is 11.7 Å². The average Bonchev–Trinajstić information content (AvgIpc) is 3.40. The van der Waals surface area contributed by atoms with Crippen LogP contribution in [-0.2, 0) is 14.3 Å². The highest BCUT2D eigenvalue weighted by Gasteiger charge is 2.27. The lowest BCUT2D eigenvalue weighted by Crippen LogP contribution is -2.35. The minimum Gasteiger partial charge on any atom is -0.453 e. The van der Waals surface area contributed by atoms with Crippen molar-refractivity contribution in [2.75, 3.05) is 11.6 Å². The number of carbonyl (C=O) groups is 3. The molecule has 0 spiro atoms. The lowest BCUT2D eigenvalue weighted by atomic mass is 10.1. The first-order valence-corrected chi connectivity index (χ1v) is 10.6. The molecule has 3 heterocycles. The largest absolute Gasteiger partial charge is 0.453 e. The first-order valence-electron chi connectivity index (χ1n) is 9.70. The van der Waals surface area contributed by atoms with Crippen LogP contribution in [0.5, 0.6) is 0 Å². The lowest BCUT2D eigenvalue weighted by molar-refractivity contribution is -0.134. The third kappa shape index (κ3) is 4.17. The minimum absolute atomic E-state index is 0.115. The zero-order chi connectivity index (χ0) is 22.0. The highest BCUT2D eigenvalue weighted by molar-refractivity contribution is 7.12. The smallest absolute Gasteiger partial charge is 0.354 e. The van der Waals surface area contributed by atoms with Crippen LogP contribution in [0.15, 0.2) is 53.1 Å². The number of ketones is 1. The summed E-state index contributed by atoms with van der Waals surface area (Å²) in [6.07, 6.45) is 2.02. The molecule has 0 saturated carbocycles. The Morgan fingerprint density at radius 1 is 1.16 bits per heavy atom. The molecule has 0 radical (unpaired) electrons. The monoisotopic (exact) mass is 436 g/mol. The quantitative estimate of drug-likeness (QED) is 0.436. The van der Waals surface area contributed by atoms with E-state index in [1.165, 1.54) is 16.3 Å². The molecule has 158 valence electrons. The Morgan fingerprint density at radius 3 is 2.65 bits per heavy atom. The third-order valence-electron chi connectivity index (χ3n) is 4.95. The molecular weight excluding hydrogens is 416 g/mol. The van der Waals surface area contributed by atoms with Gasteiger partial charge in [0.25, 0.3) is 0 Å². The van der Waals surface area contributed by atoms with Crippen molar-refractivity contribution in [3.63, 3.8) is 0 Å². The third-order valence-corrected chi connectivity index (χ3v) is 5.70. The Bertz CT molecular complexity index is 1170. The number of hydrogen-bond donors (Lipinski definition) is 0. The van der Waals surface area contributed by atoms with Crippen molar-refractivity contribution in [1.82, 2.24) is 9.55 Å². The van der Waals surface area contributed by atoms with Crippen LogP contribution in [0.4, 0.5) is 5.69 Å². The molecule has 9 heteroatoms. The van der Waals surface area contributed by atoms with Gasteiger partial charge in [-0.05, 0) is 32.0 Å². The second-order valence-corrected chi connectivity index (χ2v) is 7.90. The van der Waals surface area contributed by atoms with Gasteiger partial charge < -0.3 is 4.74 Å². The van der Waals surface area contributed by atoms with Gasteiger partial charge in [0.05, 0.1) is 5.69 Å². The molecule has 4 rings (SSSR count). The Kier molecular flexibility index (Phi) is 5.77. The van der Waals surface area contributed by atoms with Crippen LogP contribution in [0.2, 0.25) is 0 Å². The van der Waals surface area contributed by atoms with Crippen LogP contribution in [0.25, 0.3) is 5.13 Å². The van der Waals surface area contributed by atoms with Crippen LogP contribution in [-0.4, -0.2) is 39.5 Å². The molecule has 1 amide bonds. The molecule has 0 bridgehead atoms. The number of hydrogen-bond acceptors (Lipinski definition) is 7. The molecular formula is C22H20N4O4S. The molecule has 0 N–H and O–H groups in total. The summed E-state index contributed by atoms with van der Waals surface area (Å²) in [6, 6.07) is 10.6. The maximum Gasteiger partial charge on any atom is 0.354 e. The summed E-state index contributed by atoms with van der Waals surface area (Å²) in [4.78, 5) is 41.7. The number of carbonyl (C=O) groups excluding carboxylic acids is 3. The molecule has 1 aliphatic rings. The average molecular weight is 436 g/mol. The van der Waals surface area contributed by atoms with Gasteiger partial charge in [-0.3, -0.25) is 14.2 Å². The number of hydrazone groups is 1. The summed E-state index contributed by atoms with van der Waals surface area (Å²) in [6.45, 7) is 3.32. The molecule has 0 atom stereocenters. The lowest BCUT2D eigenvalue weighted by Gasteiger charge is -2.22. The van der Waals surface area contributed by atoms with E-state index >= 15 is 0 Å². The molecule has 1 aliphatic heterocycles. The van der Waals surface area contributed by atoms with Crippen molar-refractivity contribution in [2.45, 2.75) is 26.7 Å². The highest BCUT2D eigenvalue weighted by Crippen LogP contribution is 2.23. The number of rotatable bonds is 6. The number of aromatic nitrogens is 2. The summed E-state index contributed by atoms with van der Waals surface area (Å²) in [7, 11) is 0. The van der Waals surface area contributed by atoms with Crippen molar-refractivity contribution in [2.24, 2.45) is 5.10 Å². The van der Waals surface area contributed by atoms with Gasteiger partial charge in [-0.1, -0.05) is 18.2 Å². The predicted molar refractivity (Wildman–Crippen MR) is 117 cm³/mol. The first kappa shape index (κ1) is 20.7. The zero-order valence-electron chi connectivity index (χ0n) is 17.1. The Labute approximate surface area is 182 Å². The standard InChI is InChI=1S/C22H20N4O4S/c1-14-12-17(15(2)25(14)22-23-10-11-31-22)19(27)13-30-21(29)18-8-9-20(28)26(24-18)16-6-4-3-5-7-16/h3-7,10-12H,8-9,13H2,1-2H3. The van der Waals surface area contributed by atoms with Crippen molar-refractivity contribution in [1.29, 1.82) is 0 Å². The number of para-hydroxylation sites is 1. The number of anilines is 1. The Morgan fingerprint density at radius 2 is 1.94 bits per heavy atom. The van der Waals surface area contributed by atoms with Gasteiger partial charge in [-0.25, -0.2) is 14.8 Å². The summed E-state index contributed by atoms with van der Waals surface area (Å²) in [5.74, 6) is -1.21. The van der Waals surface area contributed by atoms with E-state index in [4.69, 9.17) is 4.74 Å². The van der Waals surface area contributed by atoms with E-state index in [1.807, 2.05) is 29.9 Å². The van der Waals surface area contributed by atoms with Crippen molar-refractivity contribution in [3.05, 3.63) is 64.9 Å². The number of ether oxygens (including phenoxy) is 1. The van der Waals surface area contributed by atoms with Gasteiger partial charge in [0.15, 0.2) is 11.7 Å². The van der Waals surface area contributed by atoms with Crippen LogP contribution in [0.1, 0.15) is 34.6 Å². The van der Waals surface area contributed by atoms with Crippen LogP contribution in [0, 0.1) is 13.8 Å². The fraction of sp³-hybridized carbons (Fsp3) is 0.227. The van der Waals surface area contributed by atoms with Gasteiger partial charge in [0.1, 0.15) is 5.71 Å². The van der Waals surface area contributed by atoms with Crippen molar-refractivity contribution in [3.8, 4) is 5.13 Å². The zero-order valence-corrected chi connectivity index (χ0v) is 17.9. The minimum atomic E-state index is -0.699. The number of thiazole rings is 1. The van der Waals surface area contributed by atoms with Gasteiger partial charge in [0, 0.05) is 41.4 Å². The van der Waals surface area contributed by atoms with Gasteiger partial charge in [-0.15, -0.1) is 11.3 Å². The van der Waals surface area contributed by atoms with Crippen molar-refractivity contribution < 1.29 is 19.1 Å². The number of aryl methyl sites for hydroxylation is 1. The second-order valence-electron chi connectivity index (χ2n) is 7.02. The van der Waals surface area contributed by atoms with E-state index in [0.29, 0.717) is 11.3 Å². The van der Waals surface area contributed by atoms with Crippen LogP contribution in [0.3, 0.4) is 0 Å². The van der Waals surface area contributed by atoms with E-state index in [9.17, 15) is 14.4 Å². The molecule has 0 unspecified atom stereocenters. The van der Waals surface area contributed by atoms with Gasteiger partial charge >= 0.3 is 5.97 Å². The van der Waals surface area contributed by atoms with Crippen LogP contribution >= 0.6 is 11.3 Å². The van der Waals surface area contributed by atoms with E-state index in [1.54, 1.807) is 36.5 Å². The summed E-state index contributed by atoms with van der Waals surface area (Å²) in [5.41, 5.74) is 2.78. The molecule has 2 aromatic heterocycles. The summed E-state index contributed by atoms with van der Waals surface area (Å²) >= 11 is 1.47. The SMILES string of the molecule is Cc1cc(C(=O)COC(=O)C2=NN(c3ccccc3)C(=O)CC2)c(C)n1-c1nccs1. The first-order chi connectivity index (χ1) is 15.0. The van der Waals surface area contributed by atoms with E-state index in [-0.39, 0.29) is 30.2 Å². The number of benzene rings is 1. The van der Waals surface area contributed by atoms with E-state index in [0.717, 1.165) is 16.5 Å². The summed E-state index contributed by atoms with van der Waals surface area (Å²) < 4.78 is 7.13. The normalized spacial score (nSPS) is 13.8. The molecule has 0 aliphatic carbocycles.